The molecule has 1 fully saturated rings. The molecule has 1 aliphatic rings. The van der Waals surface area contributed by atoms with Gasteiger partial charge in [-0.25, -0.2) is 8.42 Å². The summed E-state index contributed by atoms with van der Waals surface area (Å²) in [6.07, 6.45) is 4.34. The second kappa shape index (κ2) is 9.69. The lowest BCUT2D eigenvalue weighted by atomic mass is 9.99. The van der Waals surface area contributed by atoms with Crippen molar-refractivity contribution in [3.63, 3.8) is 0 Å². The molecule has 0 spiro atoms. The van der Waals surface area contributed by atoms with Crippen LogP contribution in [0.3, 0.4) is 0 Å². The minimum atomic E-state index is -3.63. The zero-order valence-electron chi connectivity index (χ0n) is 18.7. The molecule has 0 radical (unpaired) electrons. The first-order chi connectivity index (χ1) is 15.4. The number of anilines is 2. The zero-order chi connectivity index (χ0) is 22.6. The standard InChI is InChI=1S/C25H30N4O2S/c1-3-4-20-5-11-23(12-6-20)32(30,31)28-22-9-7-21(8-10-22)24-13-14-25(27-26-24)29-17-15-19(2)16-18-29/h5-14,19,28H,3-4,15-18H2,1-2H3. The van der Waals surface area contributed by atoms with Gasteiger partial charge in [0.15, 0.2) is 5.82 Å². The number of nitrogens with zero attached hydrogens (tertiary/aromatic N) is 3. The number of benzene rings is 2. The van der Waals surface area contributed by atoms with E-state index in [-0.39, 0.29) is 4.90 Å². The summed E-state index contributed by atoms with van der Waals surface area (Å²) in [5.41, 5.74) is 3.31. The summed E-state index contributed by atoms with van der Waals surface area (Å²) in [6, 6.07) is 18.2. The highest BCUT2D eigenvalue weighted by Gasteiger charge is 2.17. The summed E-state index contributed by atoms with van der Waals surface area (Å²) in [5, 5.41) is 8.80. The second-order valence-corrected chi connectivity index (χ2v) is 10.2. The van der Waals surface area contributed by atoms with Crippen LogP contribution in [0, 0.1) is 5.92 Å². The maximum absolute atomic E-state index is 12.7. The van der Waals surface area contributed by atoms with E-state index in [1.54, 1.807) is 24.3 Å². The number of aryl methyl sites for hydroxylation is 1. The van der Waals surface area contributed by atoms with Crippen LogP contribution in [-0.4, -0.2) is 31.7 Å². The largest absolute Gasteiger partial charge is 0.355 e. The minimum absolute atomic E-state index is 0.259. The fraction of sp³-hybridized carbons (Fsp3) is 0.360. The molecule has 3 aromatic rings. The van der Waals surface area contributed by atoms with E-state index in [4.69, 9.17) is 0 Å². The predicted octanol–water partition coefficient (Wildman–Crippen LogP) is 5.13. The van der Waals surface area contributed by atoms with Crippen molar-refractivity contribution in [2.75, 3.05) is 22.7 Å². The third-order valence-corrected chi connectivity index (χ3v) is 7.36. The number of nitrogens with one attached hydrogen (secondary N) is 1. The molecule has 1 saturated heterocycles. The lowest BCUT2D eigenvalue weighted by molar-refractivity contribution is 0.436. The van der Waals surface area contributed by atoms with Gasteiger partial charge in [-0.3, -0.25) is 4.72 Å². The first kappa shape index (κ1) is 22.3. The number of piperidine rings is 1. The van der Waals surface area contributed by atoms with Gasteiger partial charge in [0.1, 0.15) is 0 Å². The van der Waals surface area contributed by atoms with E-state index in [9.17, 15) is 8.42 Å². The van der Waals surface area contributed by atoms with Gasteiger partial charge < -0.3 is 4.90 Å². The molecular weight excluding hydrogens is 420 g/mol. The molecule has 0 saturated carbocycles. The van der Waals surface area contributed by atoms with Gasteiger partial charge in [-0.1, -0.05) is 44.5 Å². The third kappa shape index (κ3) is 5.27. The molecule has 168 valence electrons. The van der Waals surface area contributed by atoms with Crippen molar-refractivity contribution in [2.45, 2.75) is 44.4 Å². The molecule has 0 unspecified atom stereocenters. The van der Waals surface area contributed by atoms with E-state index < -0.39 is 10.0 Å². The number of hydrogen-bond donors (Lipinski definition) is 1. The fourth-order valence-corrected chi connectivity index (χ4v) is 4.99. The van der Waals surface area contributed by atoms with Crippen molar-refractivity contribution in [3.05, 3.63) is 66.2 Å². The highest BCUT2D eigenvalue weighted by molar-refractivity contribution is 7.92. The molecule has 1 aliphatic heterocycles. The quantitative estimate of drug-likeness (QED) is 0.540. The van der Waals surface area contributed by atoms with Crippen LogP contribution in [0.5, 0.6) is 0 Å². The third-order valence-electron chi connectivity index (χ3n) is 5.96. The van der Waals surface area contributed by atoms with Crippen molar-refractivity contribution in [1.82, 2.24) is 10.2 Å². The lowest BCUT2D eigenvalue weighted by Crippen LogP contribution is -2.33. The van der Waals surface area contributed by atoms with Crippen molar-refractivity contribution < 1.29 is 8.42 Å². The Hall–Kier alpha value is -2.93. The van der Waals surface area contributed by atoms with Crippen LogP contribution in [0.25, 0.3) is 11.3 Å². The first-order valence-electron chi connectivity index (χ1n) is 11.3. The van der Waals surface area contributed by atoms with Gasteiger partial charge in [0.05, 0.1) is 10.6 Å². The molecule has 0 atom stereocenters. The smallest absolute Gasteiger partial charge is 0.261 e. The van der Waals surface area contributed by atoms with Crippen LogP contribution in [-0.2, 0) is 16.4 Å². The Bertz CT molecular complexity index is 1120. The fourth-order valence-electron chi connectivity index (χ4n) is 3.93. The van der Waals surface area contributed by atoms with E-state index in [0.29, 0.717) is 5.69 Å². The van der Waals surface area contributed by atoms with Crippen LogP contribution in [0.15, 0.2) is 65.6 Å². The van der Waals surface area contributed by atoms with E-state index >= 15 is 0 Å². The summed E-state index contributed by atoms with van der Waals surface area (Å²) in [7, 11) is -3.63. The Morgan fingerprint density at radius 2 is 1.62 bits per heavy atom. The summed E-state index contributed by atoms with van der Waals surface area (Å²) >= 11 is 0. The predicted molar refractivity (Wildman–Crippen MR) is 129 cm³/mol. The number of hydrogen-bond acceptors (Lipinski definition) is 5. The number of sulfonamides is 1. The normalized spacial score (nSPS) is 15.0. The Kier molecular flexibility index (Phi) is 6.74. The number of aromatic nitrogens is 2. The summed E-state index contributed by atoms with van der Waals surface area (Å²) in [4.78, 5) is 2.54. The van der Waals surface area contributed by atoms with E-state index in [2.05, 4.69) is 33.7 Å². The van der Waals surface area contributed by atoms with Crippen molar-refractivity contribution in [2.24, 2.45) is 5.92 Å². The molecule has 2 aromatic carbocycles. The monoisotopic (exact) mass is 450 g/mol. The van der Waals surface area contributed by atoms with Gasteiger partial charge in [-0.05, 0) is 67.1 Å². The van der Waals surface area contributed by atoms with Crippen molar-refractivity contribution >= 4 is 21.5 Å². The molecule has 4 rings (SSSR count). The molecule has 32 heavy (non-hydrogen) atoms. The van der Waals surface area contributed by atoms with Gasteiger partial charge >= 0.3 is 0 Å². The van der Waals surface area contributed by atoms with Gasteiger partial charge in [0, 0.05) is 24.3 Å². The minimum Gasteiger partial charge on any atom is -0.355 e. The van der Waals surface area contributed by atoms with Crippen LogP contribution >= 0.6 is 0 Å². The first-order valence-corrected chi connectivity index (χ1v) is 12.7. The van der Waals surface area contributed by atoms with Crippen LogP contribution in [0.4, 0.5) is 11.5 Å². The molecule has 0 bridgehead atoms. The summed E-state index contributed by atoms with van der Waals surface area (Å²) < 4.78 is 28.0. The van der Waals surface area contributed by atoms with Crippen LogP contribution < -0.4 is 9.62 Å². The van der Waals surface area contributed by atoms with Crippen LogP contribution in [0.1, 0.15) is 38.7 Å². The molecule has 6 nitrogen and oxygen atoms in total. The molecule has 0 amide bonds. The maximum atomic E-state index is 12.7. The molecule has 2 heterocycles. The van der Waals surface area contributed by atoms with Crippen molar-refractivity contribution in [1.29, 1.82) is 0 Å². The topological polar surface area (TPSA) is 75.2 Å². The Labute approximate surface area is 190 Å². The van der Waals surface area contributed by atoms with E-state index in [1.165, 1.54) is 12.8 Å². The number of rotatable bonds is 7. The second-order valence-electron chi connectivity index (χ2n) is 8.52. The Morgan fingerprint density at radius 1 is 0.938 bits per heavy atom. The SMILES string of the molecule is CCCc1ccc(S(=O)(=O)Nc2ccc(-c3ccc(N4CCC(C)CC4)nn3)cc2)cc1. The average molecular weight is 451 g/mol. The highest BCUT2D eigenvalue weighted by Crippen LogP contribution is 2.25. The molecule has 0 aliphatic carbocycles. The molecule has 1 aromatic heterocycles. The maximum Gasteiger partial charge on any atom is 0.261 e. The van der Waals surface area contributed by atoms with Crippen molar-refractivity contribution in [3.8, 4) is 11.3 Å². The van der Waals surface area contributed by atoms with Crippen LogP contribution in [0.2, 0.25) is 0 Å². The highest BCUT2D eigenvalue weighted by atomic mass is 32.2. The zero-order valence-corrected chi connectivity index (χ0v) is 19.5. The lowest BCUT2D eigenvalue weighted by Gasteiger charge is -2.30. The van der Waals surface area contributed by atoms with Gasteiger partial charge in [0.2, 0.25) is 0 Å². The van der Waals surface area contributed by atoms with Gasteiger partial charge in [-0.2, -0.15) is 0 Å². The molecule has 7 heteroatoms. The van der Waals surface area contributed by atoms with Gasteiger partial charge in [0.25, 0.3) is 10.0 Å². The van der Waals surface area contributed by atoms with E-state index in [0.717, 1.165) is 54.5 Å². The van der Waals surface area contributed by atoms with Gasteiger partial charge in [-0.15, -0.1) is 10.2 Å². The molecule has 1 N–H and O–H groups in total. The van der Waals surface area contributed by atoms with E-state index in [1.807, 2.05) is 36.4 Å². The Balaban J connectivity index is 1.42. The Morgan fingerprint density at radius 3 is 2.22 bits per heavy atom. The summed E-state index contributed by atoms with van der Waals surface area (Å²) in [6.45, 7) is 6.43. The molecular formula is C25H30N4O2S. The average Bonchev–Trinajstić information content (AvgIpc) is 2.81. The summed E-state index contributed by atoms with van der Waals surface area (Å²) in [5.74, 6) is 1.69.